The predicted molar refractivity (Wildman–Crippen MR) is 75.6 cm³/mol. The molecule has 1 aliphatic rings. The molecule has 1 aliphatic carbocycles. The maximum Gasteiger partial charge on any atom is 0.0833 e. The van der Waals surface area contributed by atoms with Crippen LogP contribution >= 0.6 is 0 Å². The minimum atomic E-state index is 0.0256. The summed E-state index contributed by atoms with van der Waals surface area (Å²) in [7, 11) is 1.89. The molecule has 1 N–H and O–H groups in total. The van der Waals surface area contributed by atoms with Crippen molar-refractivity contribution in [2.45, 2.75) is 52.9 Å². The normalized spacial score (nSPS) is 28.6. The molecule has 2 rings (SSSR count). The van der Waals surface area contributed by atoms with E-state index in [1.807, 2.05) is 13.2 Å². The SMILES string of the molecule is Cn1cc(CC2(CO)CCC(C(C)(C)C)CC2)nn1. The molecule has 1 aromatic heterocycles. The Bertz CT molecular complexity index is 411. The third-order valence-corrected chi connectivity index (χ3v) is 4.81. The van der Waals surface area contributed by atoms with Crippen molar-refractivity contribution in [3.05, 3.63) is 11.9 Å². The summed E-state index contributed by atoms with van der Waals surface area (Å²) in [5.41, 5.74) is 1.41. The van der Waals surface area contributed by atoms with Crippen LogP contribution in [0.2, 0.25) is 0 Å². The van der Waals surface area contributed by atoms with Crippen LogP contribution in [0.1, 0.15) is 52.1 Å². The van der Waals surface area contributed by atoms with Crippen LogP contribution in [0.5, 0.6) is 0 Å². The van der Waals surface area contributed by atoms with Crippen molar-refractivity contribution in [2.75, 3.05) is 6.61 Å². The van der Waals surface area contributed by atoms with E-state index in [2.05, 4.69) is 31.1 Å². The molecule has 0 amide bonds. The number of aromatic nitrogens is 3. The minimum absolute atomic E-state index is 0.0256. The number of hydrogen-bond acceptors (Lipinski definition) is 3. The summed E-state index contributed by atoms with van der Waals surface area (Å²) in [6.45, 7) is 7.24. The first-order valence-corrected chi connectivity index (χ1v) is 7.31. The Balaban J connectivity index is 2.02. The van der Waals surface area contributed by atoms with Crippen molar-refractivity contribution in [2.24, 2.45) is 23.8 Å². The van der Waals surface area contributed by atoms with E-state index in [0.29, 0.717) is 5.41 Å². The molecule has 0 spiro atoms. The van der Waals surface area contributed by atoms with Crippen LogP contribution in [0.25, 0.3) is 0 Å². The molecule has 1 aromatic rings. The number of aryl methyl sites for hydroxylation is 1. The lowest BCUT2D eigenvalue weighted by molar-refractivity contribution is 0.0362. The highest BCUT2D eigenvalue weighted by atomic mass is 16.3. The predicted octanol–water partition coefficient (Wildman–Crippen LogP) is 2.57. The molecular formula is C15H27N3O. The summed E-state index contributed by atoms with van der Waals surface area (Å²) in [5.74, 6) is 0.772. The van der Waals surface area contributed by atoms with Gasteiger partial charge in [0.15, 0.2) is 0 Å². The van der Waals surface area contributed by atoms with Gasteiger partial charge in [0.2, 0.25) is 0 Å². The summed E-state index contributed by atoms with van der Waals surface area (Å²) < 4.78 is 1.74. The van der Waals surface area contributed by atoms with Crippen molar-refractivity contribution >= 4 is 0 Å². The fourth-order valence-corrected chi connectivity index (χ4v) is 3.35. The molecule has 4 nitrogen and oxygen atoms in total. The van der Waals surface area contributed by atoms with Gasteiger partial charge in [0.1, 0.15) is 0 Å². The lowest BCUT2D eigenvalue weighted by atomic mass is 9.63. The number of aliphatic hydroxyl groups is 1. The van der Waals surface area contributed by atoms with Gasteiger partial charge in [-0.25, -0.2) is 0 Å². The largest absolute Gasteiger partial charge is 0.396 e. The molecule has 1 heterocycles. The zero-order chi connectivity index (χ0) is 14.1. The quantitative estimate of drug-likeness (QED) is 0.914. The molecule has 0 atom stereocenters. The minimum Gasteiger partial charge on any atom is -0.396 e. The van der Waals surface area contributed by atoms with Crippen molar-refractivity contribution in [1.29, 1.82) is 0 Å². The first-order valence-electron chi connectivity index (χ1n) is 7.31. The van der Waals surface area contributed by atoms with Crippen LogP contribution in [0.4, 0.5) is 0 Å². The Morgan fingerprint density at radius 3 is 2.42 bits per heavy atom. The first kappa shape index (κ1) is 14.5. The molecule has 0 radical (unpaired) electrons. The standard InChI is InChI=1S/C15H27N3O/c1-14(2,3)12-5-7-15(11-19,8-6-12)9-13-10-18(4)17-16-13/h10,12,19H,5-9,11H2,1-4H3. The zero-order valence-corrected chi connectivity index (χ0v) is 12.7. The monoisotopic (exact) mass is 265 g/mol. The van der Waals surface area contributed by atoms with E-state index in [0.717, 1.165) is 30.9 Å². The summed E-state index contributed by atoms with van der Waals surface area (Å²) in [4.78, 5) is 0. The molecule has 4 heteroatoms. The van der Waals surface area contributed by atoms with Gasteiger partial charge in [-0.2, -0.15) is 0 Å². The van der Waals surface area contributed by atoms with E-state index >= 15 is 0 Å². The van der Waals surface area contributed by atoms with Crippen molar-refractivity contribution in [3.8, 4) is 0 Å². The summed E-state index contributed by atoms with van der Waals surface area (Å²) in [6, 6.07) is 0. The Morgan fingerprint density at radius 2 is 2.00 bits per heavy atom. The highest BCUT2D eigenvalue weighted by molar-refractivity contribution is 5.01. The van der Waals surface area contributed by atoms with Crippen LogP contribution < -0.4 is 0 Å². The molecule has 0 aliphatic heterocycles. The third kappa shape index (κ3) is 3.35. The van der Waals surface area contributed by atoms with Crippen LogP contribution in [0.15, 0.2) is 6.20 Å². The van der Waals surface area contributed by atoms with Gasteiger partial charge >= 0.3 is 0 Å². The van der Waals surface area contributed by atoms with Crippen LogP contribution in [-0.2, 0) is 13.5 Å². The zero-order valence-electron chi connectivity index (χ0n) is 12.7. The van der Waals surface area contributed by atoms with Gasteiger partial charge in [-0.1, -0.05) is 26.0 Å². The van der Waals surface area contributed by atoms with Gasteiger partial charge in [-0.05, 0) is 42.4 Å². The molecule has 0 bridgehead atoms. The first-order chi connectivity index (χ1) is 8.85. The van der Waals surface area contributed by atoms with E-state index in [1.165, 1.54) is 12.8 Å². The fraction of sp³-hybridized carbons (Fsp3) is 0.867. The molecular weight excluding hydrogens is 238 g/mol. The summed E-state index contributed by atoms with van der Waals surface area (Å²) >= 11 is 0. The second-order valence-corrected chi connectivity index (χ2v) is 7.36. The summed E-state index contributed by atoms with van der Waals surface area (Å²) in [6.07, 6.45) is 7.44. The maximum atomic E-state index is 9.84. The number of rotatable bonds is 3. The van der Waals surface area contributed by atoms with E-state index < -0.39 is 0 Å². The Labute approximate surface area is 116 Å². The Morgan fingerprint density at radius 1 is 1.37 bits per heavy atom. The highest BCUT2D eigenvalue weighted by Crippen LogP contribution is 2.46. The average molecular weight is 265 g/mol. The van der Waals surface area contributed by atoms with E-state index in [-0.39, 0.29) is 12.0 Å². The molecule has 19 heavy (non-hydrogen) atoms. The average Bonchev–Trinajstić information content (AvgIpc) is 2.74. The van der Waals surface area contributed by atoms with Gasteiger partial charge in [0.25, 0.3) is 0 Å². The van der Waals surface area contributed by atoms with E-state index in [9.17, 15) is 5.11 Å². The second-order valence-electron chi connectivity index (χ2n) is 7.36. The van der Waals surface area contributed by atoms with Crippen LogP contribution in [0.3, 0.4) is 0 Å². The third-order valence-electron chi connectivity index (χ3n) is 4.81. The topological polar surface area (TPSA) is 50.9 Å². The van der Waals surface area contributed by atoms with Gasteiger partial charge in [-0.15, -0.1) is 5.10 Å². The highest BCUT2D eigenvalue weighted by Gasteiger charge is 2.38. The molecule has 0 unspecified atom stereocenters. The number of nitrogens with zero attached hydrogens (tertiary/aromatic N) is 3. The van der Waals surface area contributed by atoms with Gasteiger partial charge < -0.3 is 5.11 Å². The molecule has 1 saturated carbocycles. The fourth-order valence-electron chi connectivity index (χ4n) is 3.35. The number of hydrogen-bond donors (Lipinski definition) is 1. The Hall–Kier alpha value is -0.900. The van der Waals surface area contributed by atoms with Crippen LogP contribution in [0, 0.1) is 16.7 Å². The van der Waals surface area contributed by atoms with E-state index in [1.54, 1.807) is 4.68 Å². The molecule has 108 valence electrons. The maximum absolute atomic E-state index is 9.84. The lowest BCUT2D eigenvalue weighted by Crippen LogP contribution is -2.36. The van der Waals surface area contributed by atoms with Gasteiger partial charge in [0, 0.05) is 26.3 Å². The van der Waals surface area contributed by atoms with Crippen molar-refractivity contribution in [3.63, 3.8) is 0 Å². The molecule has 0 saturated heterocycles. The smallest absolute Gasteiger partial charge is 0.0833 e. The molecule has 0 aromatic carbocycles. The van der Waals surface area contributed by atoms with Crippen molar-refractivity contribution in [1.82, 2.24) is 15.0 Å². The van der Waals surface area contributed by atoms with Gasteiger partial charge in [0.05, 0.1) is 5.69 Å². The Kier molecular flexibility index (Phi) is 4.00. The number of aliphatic hydroxyl groups excluding tert-OH is 1. The van der Waals surface area contributed by atoms with E-state index in [4.69, 9.17) is 0 Å². The van der Waals surface area contributed by atoms with Crippen LogP contribution in [-0.4, -0.2) is 26.7 Å². The second kappa shape index (κ2) is 5.23. The molecule has 1 fully saturated rings. The lowest BCUT2D eigenvalue weighted by Gasteiger charge is -2.43. The summed E-state index contributed by atoms with van der Waals surface area (Å²) in [5, 5.41) is 18.0. The van der Waals surface area contributed by atoms with Gasteiger partial charge in [-0.3, -0.25) is 4.68 Å². The van der Waals surface area contributed by atoms with Crippen molar-refractivity contribution < 1.29 is 5.11 Å².